The molecule has 3 heteroatoms. The summed E-state index contributed by atoms with van der Waals surface area (Å²) < 4.78 is 5.31. The van der Waals surface area contributed by atoms with Crippen molar-refractivity contribution in [3.05, 3.63) is 35.9 Å². The molecule has 0 heterocycles. The van der Waals surface area contributed by atoms with Gasteiger partial charge < -0.3 is 4.74 Å². The van der Waals surface area contributed by atoms with Crippen LogP contribution >= 0.6 is 0 Å². The molecule has 0 N–H and O–H groups in total. The van der Waals surface area contributed by atoms with Crippen LogP contribution in [0.2, 0.25) is 0 Å². The lowest BCUT2D eigenvalue weighted by atomic mass is 9.93. The number of esters is 1. The number of hydrogen-bond donors (Lipinski definition) is 0. The third-order valence-corrected chi connectivity index (χ3v) is 3.02. The van der Waals surface area contributed by atoms with E-state index in [0.29, 0.717) is 18.4 Å². The Hall–Kier alpha value is -1.64. The lowest BCUT2D eigenvalue weighted by Gasteiger charge is -2.21. The predicted molar refractivity (Wildman–Crippen MR) is 79.6 cm³/mol. The maximum Gasteiger partial charge on any atom is 0.306 e. The average molecular weight is 276 g/mol. The number of Topliss-reactive ketones (excluding diaryl/α,β-unsaturated/α-hetero) is 1. The summed E-state index contributed by atoms with van der Waals surface area (Å²) in [6.07, 6.45) is 1.48. The van der Waals surface area contributed by atoms with E-state index in [1.807, 2.05) is 58.0 Å². The van der Waals surface area contributed by atoms with Gasteiger partial charge in [0.25, 0.3) is 0 Å². The zero-order valence-electron chi connectivity index (χ0n) is 12.8. The number of ether oxygens (including phenoxy) is 1. The van der Waals surface area contributed by atoms with E-state index in [1.54, 1.807) is 0 Å². The highest BCUT2D eigenvalue weighted by atomic mass is 16.6. The van der Waals surface area contributed by atoms with Crippen molar-refractivity contribution in [2.75, 3.05) is 0 Å². The minimum Gasteiger partial charge on any atom is -0.460 e. The van der Waals surface area contributed by atoms with E-state index in [4.69, 9.17) is 4.74 Å². The van der Waals surface area contributed by atoms with Gasteiger partial charge in [0.15, 0.2) is 5.78 Å². The van der Waals surface area contributed by atoms with Crippen molar-refractivity contribution in [2.45, 2.75) is 52.6 Å². The van der Waals surface area contributed by atoms with E-state index in [1.165, 1.54) is 0 Å². The molecular weight excluding hydrogens is 252 g/mol. The van der Waals surface area contributed by atoms with Gasteiger partial charge in [0.1, 0.15) is 5.60 Å². The minimum absolute atomic E-state index is 0.0394. The molecule has 0 spiro atoms. The summed E-state index contributed by atoms with van der Waals surface area (Å²) in [7, 11) is 0. The molecule has 1 aromatic rings. The van der Waals surface area contributed by atoms with E-state index >= 15 is 0 Å². The summed E-state index contributed by atoms with van der Waals surface area (Å²) in [5.41, 5.74) is 0.230. The van der Waals surface area contributed by atoms with Crippen LogP contribution in [0.3, 0.4) is 0 Å². The molecule has 1 unspecified atom stereocenters. The van der Waals surface area contributed by atoms with Crippen molar-refractivity contribution in [1.82, 2.24) is 0 Å². The maximum atomic E-state index is 12.1. The second kappa shape index (κ2) is 7.22. The van der Waals surface area contributed by atoms with E-state index in [9.17, 15) is 9.59 Å². The standard InChI is InChI=1S/C17H24O3/c1-5-13(12-16(19)20-17(2,3)4)11-15(18)14-9-7-6-8-10-14/h6-10,13H,5,11-12H2,1-4H3. The molecular formula is C17H24O3. The van der Waals surface area contributed by atoms with Crippen molar-refractivity contribution in [1.29, 1.82) is 0 Å². The third kappa shape index (κ3) is 6.00. The zero-order chi connectivity index (χ0) is 15.2. The number of carbonyl (C=O) groups excluding carboxylic acids is 2. The molecule has 0 saturated carbocycles. The molecule has 0 saturated heterocycles. The Morgan fingerprint density at radius 1 is 1.10 bits per heavy atom. The molecule has 0 aliphatic rings. The second-order valence-corrected chi connectivity index (χ2v) is 6.06. The van der Waals surface area contributed by atoms with Gasteiger partial charge in [-0.3, -0.25) is 9.59 Å². The summed E-state index contributed by atoms with van der Waals surface area (Å²) in [5.74, 6) is -0.108. The fourth-order valence-corrected chi connectivity index (χ4v) is 1.98. The average Bonchev–Trinajstić information content (AvgIpc) is 2.36. The predicted octanol–water partition coefficient (Wildman–Crippen LogP) is 4.02. The number of hydrogen-bond acceptors (Lipinski definition) is 3. The first-order chi connectivity index (χ1) is 9.31. The van der Waals surface area contributed by atoms with Gasteiger partial charge >= 0.3 is 5.97 Å². The SMILES string of the molecule is CCC(CC(=O)OC(C)(C)C)CC(=O)c1ccccc1. The summed E-state index contributed by atoms with van der Waals surface area (Å²) in [6, 6.07) is 9.20. The van der Waals surface area contributed by atoms with Crippen LogP contribution in [0.25, 0.3) is 0 Å². The van der Waals surface area contributed by atoms with E-state index in [-0.39, 0.29) is 17.7 Å². The highest BCUT2D eigenvalue weighted by molar-refractivity contribution is 5.96. The Morgan fingerprint density at radius 3 is 2.20 bits per heavy atom. The van der Waals surface area contributed by atoms with Crippen molar-refractivity contribution in [3.8, 4) is 0 Å². The maximum absolute atomic E-state index is 12.1. The van der Waals surface area contributed by atoms with Gasteiger partial charge in [0.05, 0.1) is 0 Å². The summed E-state index contributed by atoms with van der Waals surface area (Å²) in [5, 5.41) is 0. The van der Waals surface area contributed by atoms with Crippen LogP contribution in [0.4, 0.5) is 0 Å². The van der Waals surface area contributed by atoms with Crippen molar-refractivity contribution in [2.24, 2.45) is 5.92 Å². The van der Waals surface area contributed by atoms with Crippen LogP contribution in [0, 0.1) is 5.92 Å². The Bertz CT molecular complexity index is 443. The fourth-order valence-electron chi connectivity index (χ4n) is 1.98. The topological polar surface area (TPSA) is 43.4 Å². The van der Waals surface area contributed by atoms with Crippen LogP contribution in [0.15, 0.2) is 30.3 Å². The molecule has 3 nitrogen and oxygen atoms in total. The number of carbonyl (C=O) groups is 2. The van der Waals surface area contributed by atoms with Crippen LogP contribution < -0.4 is 0 Å². The Kier molecular flexibility index (Phi) is 5.93. The third-order valence-electron chi connectivity index (χ3n) is 3.02. The molecule has 110 valence electrons. The molecule has 0 aliphatic carbocycles. The second-order valence-electron chi connectivity index (χ2n) is 6.06. The van der Waals surface area contributed by atoms with Crippen LogP contribution in [0.5, 0.6) is 0 Å². The quantitative estimate of drug-likeness (QED) is 0.582. The fraction of sp³-hybridized carbons (Fsp3) is 0.529. The Balaban J connectivity index is 2.55. The zero-order valence-corrected chi connectivity index (χ0v) is 12.8. The van der Waals surface area contributed by atoms with E-state index in [2.05, 4.69) is 0 Å². The summed E-state index contributed by atoms with van der Waals surface area (Å²) in [6.45, 7) is 7.54. The molecule has 0 fully saturated rings. The Morgan fingerprint density at radius 2 is 1.70 bits per heavy atom. The van der Waals surface area contributed by atoms with Crippen molar-refractivity contribution < 1.29 is 14.3 Å². The molecule has 1 aromatic carbocycles. The van der Waals surface area contributed by atoms with Gasteiger partial charge in [0, 0.05) is 18.4 Å². The lowest BCUT2D eigenvalue weighted by molar-refractivity contribution is -0.155. The van der Waals surface area contributed by atoms with Gasteiger partial charge in [-0.05, 0) is 26.7 Å². The van der Waals surface area contributed by atoms with Gasteiger partial charge in [0.2, 0.25) is 0 Å². The number of ketones is 1. The highest BCUT2D eigenvalue weighted by Crippen LogP contribution is 2.19. The molecule has 1 atom stereocenters. The minimum atomic E-state index is -0.473. The first kappa shape index (κ1) is 16.4. The van der Waals surface area contributed by atoms with E-state index in [0.717, 1.165) is 6.42 Å². The normalized spacial score (nSPS) is 12.8. The van der Waals surface area contributed by atoms with Crippen LogP contribution in [0.1, 0.15) is 57.3 Å². The van der Waals surface area contributed by atoms with Gasteiger partial charge in [-0.1, -0.05) is 43.7 Å². The van der Waals surface area contributed by atoms with Gasteiger partial charge in [-0.2, -0.15) is 0 Å². The van der Waals surface area contributed by atoms with Gasteiger partial charge in [-0.15, -0.1) is 0 Å². The molecule has 1 rings (SSSR count). The summed E-state index contributed by atoms with van der Waals surface area (Å²) >= 11 is 0. The first-order valence-corrected chi connectivity index (χ1v) is 7.12. The first-order valence-electron chi connectivity index (χ1n) is 7.12. The lowest BCUT2D eigenvalue weighted by Crippen LogP contribution is -2.25. The molecule has 0 radical (unpaired) electrons. The number of rotatable bonds is 6. The smallest absolute Gasteiger partial charge is 0.306 e. The van der Waals surface area contributed by atoms with Crippen LogP contribution in [-0.4, -0.2) is 17.4 Å². The molecule has 20 heavy (non-hydrogen) atoms. The molecule has 0 bridgehead atoms. The van der Waals surface area contributed by atoms with Crippen molar-refractivity contribution >= 4 is 11.8 Å². The largest absolute Gasteiger partial charge is 0.460 e. The summed E-state index contributed by atoms with van der Waals surface area (Å²) in [4.78, 5) is 23.9. The molecule has 0 aliphatic heterocycles. The Labute approximate surface area is 121 Å². The van der Waals surface area contributed by atoms with Crippen LogP contribution in [-0.2, 0) is 9.53 Å². The van der Waals surface area contributed by atoms with E-state index < -0.39 is 5.60 Å². The number of benzene rings is 1. The van der Waals surface area contributed by atoms with Crippen molar-refractivity contribution in [3.63, 3.8) is 0 Å². The molecule has 0 aromatic heterocycles. The monoisotopic (exact) mass is 276 g/mol. The molecule has 0 amide bonds. The highest BCUT2D eigenvalue weighted by Gasteiger charge is 2.21. The van der Waals surface area contributed by atoms with Gasteiger partial charge in [-0.25, -0.2) is 0 Å².